The number of benzene rings is 1. The van der Waals surface area contributed by atoms with Crippen LogP contribution in [0.3, 0.4) is 0 Å². The molecular weight excluding hydrogens is 316 g/mol. The van der Waals surface area contributed by atoms with E-state index in [0.717, 1.165) is 36.9 Å². The molecule has 1 heterocycles. The van der Waals surface area contributed by atoms with Crippen molar-refractivity contribution in [1.29, 1.82) is 0 Å². The summed E-state index contributed by atoms with van der Waals surface area (Å²) in [6.45, 7) is 6.52. The topological polar surface area (TPSA) is 32.3 Å². The average Bonchev–Trinajstić information content (AvgIpc) is 2.46. The first-order valence-electron chi connectivity index (χ1n) is 7.34. The molecule has 2 rings (SSSR count). The molecule has 1 aliphatic rings. The van der Waals surface area contributed by atoms with Crippen LogP contribution in [0.5, 0.6) is 0 Å². The quantitative estimate of drug-likeness (QED) is 0.914. The number of carbonyl (C=O) groups excluding carboxylic acids is 1. The molecule has 0 aliphatic carbocycles. The first kappa shape index (κ1) is 15.5. The number of rotatable bonds is 4. The summed E-state index contributed by atoms with van der Waals surface area (Å²) < 4.78 is 1.15. The summed E-state index contributed by atoms with van der Waals surface area (Å²) in [5, 5.41) is 3.67. The van der Waals surface area contributed by atoms with Crippen LogP contribution in [0.2, 0.25) is 0 Å². The maximum absolute atomic E-state index is 11.5. The summed E-state index contributed by atoms with van der Waals surface area (Å²) in [4.78, 5) is 13.5. The molecule has 1 aliphatic heterocycles. The van der Waals surface area contributed by atoms with E-state index in [4.69, 9.17) is 0 Å². The van der Waals surface area contributed by atoms with E-state index >= 15 is 0 Å². The Labute approximate surface area is 129 Å². The van der Waals surface area contributed by atoms with E-state index in [9.17, 15) is 4.79 Å². The summed E-state index contributed by atoms with van der Waals surface area (Å²) in [6.07, 6.45) is 2.15. The number of hydrogen-bond acceptors (Lipinski definition) is 2. The minimum Gasteiger partial charge on any atom is -0.343 e. The van der Waals surface area contributed by atoms with Crippen molar-refractivity contribution in [1.82, 2.24) is 10.2 Å². The van der Waals surface area contributed by atoms with Crippen molar-refractivity contribution in [2.45, 2.75) is 39.3 Å². The van der Waals surface area contributed by atoms with E-state index in [1.165, 1.54) is 5.56 Å². The average molecular weight is 339 g/mol. The molecule has 0 aromatic heterocycles. The second-order valence-corrected chi connectivity index (χ2v) is 6.36. The number of nitrogens with one attached hydrogen (secondary N) is 1. The van der Waals surface area contributed by atoms with Gasteiger partial charge in [-0.1, -0.05) is 47.5 Å². The molecule has 1 aromatic rings. The molecule has 0 bridgehead atoms. The Morgan fingerprint density at radius 2 is 2.20 bits per heavy atom. The zero-order valence-corrected chi connectivity index (χ0v) is 13.8. The van der Waals surface area contributed by atoms with Gasteiger partial charge in [-0.05, 0) is 24.0 Å². The van der Waals surface area contributed by atoms with Crippen molar-refractivity contribution in [2.75, 3.05) is 13.1 Å². The highest BCUT2D eigenvalue weighted by Crippen LogP contribution is 2.22. The standard InChI is InChI=1S/C16H23BrN2O/c1-3-13-11-19(12(2)20)9-8-16(13)18-10-14-6-4-5-7-15(14)17/h4-7,13,16,18H,3,8-11H2,1-2H3/t13-,16+/m1/s1. The molecule has 1 N–H and O–H groups in total. The van der Waals surface area contributed by atoms with E-state index in [1.54, 1.807) is 6.92 Å². The van der Waals surface area contributed by atoms with Crippen LogP contribution in [0.15, 0.2) is 28.7 Å². The van der Waals surface area contributed by atoms with Crippen LogP contribution in [-0.2, 0) is 11.3 Å². The van der Waals surface area contributed by atoms with E-state index in [0.29, 0.717) is 12.0 Å². The van der Waals surface area contributed by atoms with Crippen LogP contribution in [0, 0.1) is 5.92 Å². The summed E-state index contributed by atoms with van der Waals surface area (Å²) in [5.41, 5.74) is 1.29. The van der Waals surface area contributed by atoms with Crippen molar-refractivity contribution >= 4 is 21.8 Å². The van der Waals surface area contributed by atoms with Crippen LogP contribution >= 0.6 is 15.9 Å². The molecule has 1 saturated heterocycles. The lowest BCUT2D eigenvalue weighted by Crippen LogP contribution is -2.50. The molecule has 0 unspecified atom stereocenters. The molecular formula is C16H23BrN2O. The summed E-state index contributed by atoms with van der Waals surface area (Å²) >= 11 is 3.59. The Morgan fingerprint density at radius 3 is 2.85 bits per heavy atom. The minimum absolute atomic E-state index is 0.202. The highest BCUT2D eigenvalue weighted by Gasteiger charge is 2.28. The van der Waals surface area contributed by atoms with E-state index in [2.05, 4.69) is 46.4 Å². The van der Waals surface area contributed by atoms with Crippen molar-refractivity contribution in [3.05, 3.63) is 34.3 Å². The number of likely N-dealkylation sites (tertiary alicyclic amines) is 1. The summed E-state index contributed by atoms with van der Waals surface area (Å²) in [6, 6.07) is 8.82. The van der Waals surface area contributed by atoms with Crippen LogP contribution in [0.1, 0.15) is 32.3 Å². The van der Waals surface area contributed by atoms with Crippen LogP contribution in [-0.4, -0.2) is 29.9 Å². The Hall–Kier alpha value is -0.870. The van der Waals surface area contributed by atoms with Gasteiger partial charge in [0, 0.05) is 37.1 Å². The van der Waals surface area contributed by atoms with Gasteiger partial charge in [0.25, 0.3) is 0 Å². The lowest BCUT2D eigenvalue weighted by Gasteiger charge is -2.38. The van der Waals surface area contributed by atoms with Crippen molar-refractivity contribution in [3.8, 4) is 0 Å². The number of nitrogens with zero attached hydrogens (tertiary/aromatic N) is 1. The Bertz CT molecular complexity index is 464. The molecule has 110 valence electrons. The maximum atomic E-state index is 11.5. The largest absolute Gasteiger partial charge is 0.343 e. The van der Waals surface area contributed by atoms with Crippen LogP contribution in [0.4, 0.5) is 0 Å². The minimum atomic E-state index is 0.202. The van der Waals surface area contributed by atoms with Crippen molar-refractivity contribution in [3.63, 3.8) is 0 Å². The normalized spacial score (nSPS) is 22.9. The predicted octanol–water partition coefficient (Wildman–Crippen LogP) is 3.19. The zero-order chi connectivity index (χ0) is 14.5. The van der Waals surface area contributed by atoms with Gasteiger partial charge in [0.2, 0.25) is 5.91 Å². The van der Waals surface area contributed by atoms with Gasteiger partial charge < -0.3 is 10.2 Å². The number of carbonyl (C=O) groups is 1. The Kier molecular flexibility index (Phi) is 5.61. The van der Waals surface area contributed by atoms with Gasteiger partial charge in [0.15, 0.2) is 0 Å². The number of piperidine rings is 1. The highest BCUT2D eigenvalue weighted by molar-refractivity contribution is 9.10. The molecule has 1 aromatic carbocycles. The van der Waals surface area contributed by atoms with E-state index in [-0.39, 0.29) is 5.91 Å². The first-order chi connectivity index (χ1) is 9.61. The van der Waals surface area contributed by atoms with Gasteiger partial charge in [0.05, 0.1) is 0 Å². The van der Waals surface area contributed by atoms with Gasteiger partial charge in [-0.2, -0.15) is 0 Å². The molecule has 0 radical (unpaired) electrons. The Balaban J connectivity index is 1.92. The monoisotopic (exact) mass is 338 g/mol. The fraction of sp³-hybridized carbons (Fsp3) is 0.562. The predicted molar refractivity (Wildman–Crippen MR) is 85.4 cm³/mol. The van der Waals surface area contributed by atoms with Gasteiger partial charge in [0.1, 0.15) is 0 Å². The highest BCUT2D eigenvalue weighted by atomic mass is 79.9. The molecule has 3 nitrogen and oxygen atoms in total. The maximum Gasteiger partial charge on any atom is 0.219 e. The summed E-state index contributed by atoms with van der Waals surface area (Å²) in [7, 11) is 0. The van der Waals surface area contributed by atoms with E-state index in [1.807, 2.05) is 11.0 Å². The third-order valence-corrected chi connectivity index (χ3v) is 4.99. The van der Waals surface area contributed by atoms with Crippen molar-refractivity contribution in [2.24, 2.45) is 5.92 Å². The molecule has 4 heteroatoms. The fourth-order valence-corrected chi connectivity index (χ4v) is 3.31. The Morgan fingerprint density at radius 1 is 1.45 bits per heavy atom. The second-order valence-electron chi connectivity index (χ2n) is 5.50. The molecule has 0 saturated carbocycles. The number of amides is 1. The van der Waals surface area contributed by atoms with E-state index < -0.39 is 0 Å². The van der Waals surface area contributed by atoms with Crippen molar-refractivity contribution < 1.29 is 4.79 Å². The van der Waals surface area contributed by atoms with Crippen LogP contribution < -0.4 is 5.32 Å². The number of hydrogen-bond donors (Lipinski definition) is 1. The SMILES string of the molecule is CC[C@@H]1CN(C(C)=O)CC[C@@H]1NCc1ccccc1Br. The fourth-order valence-electron chi connectivity index (χ4n) is 2.88. The smallest absolute Gasteiger partial charge is 0.219 e. The molecule has 20 heavy (non-hydrogen) atoms. The molecule has 1 fully saturated rings. The number of halogens is 1. The zero-order valence-electron chi connectivity index (χ0n) is 12.2. The third-order valence-electron chi connectivity index (χ3n) is 4.22. The van der Waals surface area contributed by atoms with Gasteiger partial charge in [-0.15, -0.1) is 0 Å². The first-order valence-corrected chi connectivity index (χ1v) is 8.13. The van der Waals surface area contributed by atoms with Gasteiger partial charge >= 0.3 is 0 Å². The van der Waals surface area contributed by atoms with Crippen LogP contribution in [0.25, 0.3) is 0 Å². The molecule has 1 amide bonds. The second kappa shape index (κ2) is 7.23. The lowest BCUT2D eigenvalue weighted by atomic mass is 9.89. The summed E-state index contributed by atoms with van der Waals surface area (Å²) in [5.74, 6) is 0.753. The molecule has 0 spiro atoms. The lowest BCUT2D eigenvalue weighted by molar-refractivity contribution is -0.131. The molecule has 2 atom stereocenters. The third kappa shape index (κ3) is 3.83. The van der Waals surface area contributed by atoms with Gasteiger partial charge in [-0.25, -0.2) is 0 Å². The van der Waals surface area contributed by atoms with Gasteiger partial charge in [-0.3, -0.25) is 4.79 Å².